The highest BCUT2D eigenvalue weighted by molar-refractivity contribution is 6.31. The van der Waals surface area contributed by atoms with Crippen molar-refractivity contribution in [2.24, 2.45) is 0 Å². The zero-order valence-electron chi connectivity index (χ0n) is 7.61. The molecule has 13 heavy (non-hydrogen) atoms. The quantitative estimate of drug-likeness (QED) is 0.772. The summed E-state index contributed by atoms with van der Waals surface area (Å²) in [6, 6.07) is 0. The average molecular weight is 205 g/mol. The fraction of sp³-hybridized carbons (Fsp3) is 0.625. The van der Waals surface area contributed by atoms with Gasteiger partial charge in [-0.2, -0.15) is 5.10 Å². The molecule has 2 unspecified atom stereocenters. The van der Waals surface area contributed by atoms with E-state index < -0.39 is 12.2 Å². The second-order valence-electron chi connectivity index (χ2n) is 2.88. The number of aromatic nitrogens is 2. The topological polar surface area (TPSA) is 58.3 Å². The van der Waals surface area contributed by atoms with E-state index >= 15 is 0 Å². The van der Waals surface area contributed by atoms with Crippen LogP contribution in [0.25, 0.3) is 0 Å². The number of rotatable bonds is 3. The molecule has 1 rings (SSSR count). The summed E-state index contributed by atoms with van der Waals surface area (Å²) in [7, 11) is 0. The van der Waals surface area contributed by atoms with Gasteiger partial charge in [-0.05, 0) is 13.8 Å². The van der Waals surface area contributed by atoms with Crippen LogP contribution in [0.5, 0.6) is 0 Å². The zero-order chi connectivity index (χ0) is 10.0. The molecule has 1 heterocycles. The third-order valence-corrected chi connectivity index (χ3v) is 2.16. The molecule has 0 fully saturated rings. The summed E-state index contributed by atoms with van der Waals surface area (Å²) in [5.41, 5.74) is 0.471. The van der Waals surface area contributed by atoms with Gasteiger partial charge in [0, 0.05) is 6.54 Å². The largest absolute Gasteiger partial charge is 0.390 e. The molecule has 0 bridgehead atoms. The maximum Gasteiger partial charge on any atom is 0.123 e. The predicted octanol–water partition coefficient (Wildman–Crippen LogP) is 0.971. The standard InChI is InChI=1S/C8H13ClN2O2/c1-3-11-7(6(9)4-10-11)8(13)5(2)12/h4-5,8,12-13H,3H2,1-2H3. The van der Waals surface area contributed by atoms with Gasteiger partial charge in [-0.25, -0.2) is 0 Å². The van der Waals surface area contributed by atoms with Crippen LogP contribution in [0, 0.1) is 0 Å². The van der Waals surface area contributed by atoms with E-state index in [0.29, 0.717) is 17.3 Å². The zero-order valence-corrected chi connectivity index (χ0v) is 8.36. The number of hydrogen-bond acceptors (Lipinski definition) is 3. The van der Waals surface area contributed by atoms with Crippen molar-refractivity contribution in [3.8, 4) is 0 Å². The normalized spacial score (nSPS) is 15.8. The Hall–Kier alpha value is -0.580. The van der Waals surface area contributed by atoms with E-state index in [9.17, 15) is 10.2 Å². The highest BCUT2D eigenvalue weighted by atomic mass is 35.5. The van der Waals surface area contributed by atoms with Gasteiger partial charge in [0.05, 0.1) is 23.0 Å². The Balaban J connectivity index is 3.03. The molecule has 0 aromatic carbocycles. The van der Waals surface area contributed by atoms with E-state index in [0.717, 1.165) is 0 Å². The molecule has 4 nitrogen and oxygen atoms in total. The predicted molar refractivity (Wildman–Crippen MR) is 49.6 cm³/mol. The van der Waals surface area contributed by atoms with Crippen molar-refractivity contribution >= 4 is 11.6 Å². The summed E-state index contributed by atoms with van der Waals surface area (Å²) in [4.78, 5) is 0. The van der Waals surface area contributed by atoms with Crippen LogP contribution in [0.4, 0.5) is 0 Å². The Morgan fingerprint density at radius 3 is 2.69 bits per heavy atom. The summed E-state index contributed by atoms with van der Waals surface area (Å²) < 4.78 is 1.57. The molecule has 0 radical (unpaired) electrons. The molecule has 0 aliphatic rings. The third kappa shape index (κ3) is 2.02. The molecule has 2 N–H and O–H groups in total. The molecule has 0 saturated heterocycles. The first-order valence-electron chi connectivity index (χ1n) is 4.15. The van der Waals surface area contributed by atoms with Crippen LogP contribution in [-0.4, -0.2) is 26.1 Å². The SMILES string of the molecule is CCn1ncc(Cl)c1C(O)C(C)O. The van der Waals surface area contributed by atoms with E-state index in [1.165, 1.54) is 13.1 Å². The molecule has 0 spiro atoms. The number of halogens is 1. The summed E-state index contributed by atoms with van der Waals surface area (Å²) in [5.74, 6) is 0. The van der Waals surface area contributed by atoms with E-state index in [2.05, 4.69) is 5.10 Å². The number of hydrogen-bond donors (Lipinski definition) is 2. The Labute approximate surface area is 81.8 Å². The van der Waals surface area contributed by atoms with Crippen molar-refractivity contribution in [3.63, 3.8) is 0 Å². The Bertz CT molecular complexity index is 286. The number of aryl methyl sites for hydroxylation is 1. The van der Waals surface area contributed by atoms with E-state index in [4.69, 9.17) is 11.6 Å². The van der Waals surface area contributed by atoms with Crippen LogP contribution in [0.3, 0.4) is 0 Å². The summed E-state index contributed by atoms with van der Waals surface area (Å²) in [6.45, 7) is 4.02. The number of nitrogens with zero attached hydrogens (tertiary/aromatic N) is 2. The molecule has 5 heteroatoms. The molecule has 74 valence electrons. The van der Waals surface area contributed by atoms with Gasteiger partial charge >= 0.3 is 0 Å². The second-order valence-corrected chi connectivity index (χ2v) is 3.29. The molecular formula is C8H13ClN2O2. The summed E-state index contributed by atoms with van der Waals surface area (Å²) in [6.07, 6.45) is -0.360. The van der Waals surface area contributed by atoms with Crippen molar-refractivity contribution in [1.29, 1.82) is 0 Å². The van der Waals surface area contributed by atoms with Gasteiger partial charge in [-0.1, -0.05) is 11.6 Å². The Kier molecular flexibility index (Phi) is 3.30. The molecule has 0 aliphatic carbocycles. The first kappa shape index (κ1) is 10.5. The van der Waals surface area contributed by atoms with Gasteiger partial charge in [-0.3, -0.25) is 4.68 Å². The first-order chi connectivity index (χ1) is 6.07. The minimum atomic E-state index is -0.977. The van der Waals surface area contributed by atoms with E-state index in [1.807, 2.05) is 6.92 Å². The van der Waals surface area contributed by atoms with Crippen LogP contribution in [0.2, 0.25) is 5.02 Å². The van der Waals surface area contributed by atoms with Crippen molar-refractivity contribution in [3.05, 3.63) is 16.9 Å². The lowest BCUT2D eigenvalue weighted by Crippen LogP contribution is -2.18. The molecule has 0 amide bonds. The molecule has 1 aromatic heterocycles. The maximum absolute atomic E-state index is 9.58. The fourth-order valence-corrected chi connectivity index (χ4v) is 1.40. The second kappa shape index (κ2) is 4.09. The van der Waals surface area contributed by atoms with Gasteiger partial charge < -0.3 is 10.2 Å². The smallest absolute Gasteiger partial charge is 0.123 e. The van der Waals surface area contributed by atoms with Crippen molar-refractivity contribution < 1.29 is 10.2 Å². The first-order valence-corrected chi connectivity index (χ1v) is 4.53. The fourth-order valence-electron chi connectivity index (χ4n) is 1.15. The summed E-state index contributed by atoms with van der Waals surface area (Å²) >= 11 is 5.81. The lowest BCUT2D eigenvalue weighted by atomic mass is 10.1. The molecule has 0 saturated carbocycles. The van der Waals surface area contributed by atoms with E-state index in [-0.39, 0.29) is 0 Å². The Morgan fingerprint density at radius 1 is 1.62 bits per heavy atom. The average Bonchev–Trinajstić information content (AvgIpc) is 2.45. The van der Waals surface area contributed by atoms with Crippen molar-refractivity contribution in [1.82, 2.24) is 9.78 Å². The number of aliphatic hydroxyl groups excluding tert-OH is 2. The minimum absolute atomic E-state index is 0.384. The monoisotopic (exact) mass is 204 g/mol. The highest BCUT2D eigenvalue weighted by Gasteiger charge is 2.21. The van der Waals surface area contributed by atoms with Gasteiger partial charge in [0.2, 0.25) is 0 Å². The van der Waals surface area contributed by atoms with Gasteiger partial charge in [0.25, 0.3) is 0 Å². The molecule has 2 atom stereocenters. The van der Waals surface area contributed by atoms with Crippen LogP contribution in [0.1, 0.15) is 25.6 Å². The molecule has 0 aliphatic heterocycles. The third-order valence-electron chi connectivity index (χ3n) is 1.87. The van der Waals surface area contributed by atoms with Crippen molar-refractivity contribution in [2.45, 2.75) is 32.6 Å². The minimum Gasteiger partial charge on any atom is -0.390 e. The van der Waals surface area contributed by atoms with Crippen LogP contribution < -0.4 is 0 Å². The number of aliphatic hydroxyl groups is 2. The Morgan fingerprint density at radius 2 is 2.23 bits per heavy atom. The maximum atomic E-state index is 9.58. The lowest BCUT2D eigenvalue weighted by molar-refractivity contribution is 0.0250. The highest BCUT2D eigenvalue weighted by Crippen LogP contribution is 2.24. The summed E-state index contributed by atoms with van der Waals surface area (Å²) in [5, 5.41) is 23.1. The van der Waals surface area contributed by atoms with Crippen LogP contribution in [-0.2, 0) is 6.54 Å². The van der Waals surface area contributed by atoms with Gasteiger partial charge in [-0.15, -0.1) is 0 Å². The van der Waals surface area contributed by atoms with Crippen LogP contribution in [0.15, 0.2) is 6.20 Å². The molecular weight excluding hydrogens is 192 g/mol. The lowest BCUT2D eigenvalue weighted by Gasteiger charge is -2.15. The van der Waals surface area contributed by atoms with Gasteiger partial charge in [0.1, 0.15) is 6.10 Å². The van der Waals surface area contributed by atoms with Gasteiger partial charge in [0.15, 0.2) is 0 Å². The van der Waals surface area contributed by atoms with Crippen molar-refractivity contribution in [2.75, 3.05) is 0 Å². The van der Waals surface area contributed by atoms with Crippen LogP contribution >= 0.6 is 11.6 Å². The van der Waals surface area contributed by atoms with E-state index in [1.54, 1.807) is 4.68 Å². The molecule has 1 aromatic rings.